The third-order valence-corrected chi connectivity index (χ3v) is 8.13. The molecule has 2 aromatic rings. The number of aromatic nitrogens is 2. The maximum atomic E-state index is 15.1. The Morgan fingerprint density at radius 1 is 1.05 bits per heavy atom. The standard InChI is InChI=1S/C31H42F2N4O5/c1-28(2,3)40-26(38)34-23-13-12-20(17-31(23,32)33)24-35-25(36-42-24)30(14-15-30)18-37(27(39)41-29(4,5)6)22-16-21(22)19-10-8-7-9-11-19/h7-11,20-23H,12-18H2,1-6H3,(H,34,38)/t20?,21-,22+,23?/m0/s1. The summed E-state index contributed by atoms with van der Waals surface area (Å²) >= 11 is 0. The van der Waals surface area contributed by atoms with Crippen LogP contribution in [0.3, 0.4) is 0 Å². The van der Waals surface area contributed by atoms with Crippen LogP contribution in [0.4, 0.5) is 18.4 Å². The fraction of sp³-hybridized carbons (Fsp3) is 0.677. The number of carbonyl (C=O) groups is 2. The normalized spacial score (nSPS) is 26.2. The number of rotatable bonds is 7. The van der Waals surface area contributed by atoms with Gasteiger partial charge in [0.05, 0.1) is 11.5 Å². The smallest absolute Gasteiger partial charge is 0.410 e. The van der Waals surface area contributed by atoms with Crippen LogP contribution in [0.25, 0.3) is 0 Å². The number of hydrogen-bond donors (Lipinski definition) is 1. The molecular formula is C31H42F2N4O5. The molecule has 42 heavy (non-hydrogen) atoms. The van der Waals surface area contributed by atoms with E-state index in [1.54, 1.807) is 25.7 Å². The summed E-state index contributed by atoms with van der Waals surface area (Å²) < 4.78 is 46.7. The van der Waals surface area contributed by atoms with Gasteiger partial charge >= 0.3 is 12.2 Å². The molecule has 3 fully saturated rings. The summed E-state index contributed by atoms with van der Waals surface area (Å²) in [5.41, 5.74) is -0.748. The SMILES string of the molecule is CC(C)(C)OC(=O)NC1CCC(c2nc(C3(CN(C(=O)OC(C)(C)C)[C@@H]4C[C@H]4c4ccccc4)CC3)no2)CC1(F)F. The van der Waals surface area contributed by atoms with E-state index in [-0.39, 0.29) is 30.4 Å². The Kier molecular flexibility index (Phi) is 7.77. The van der Waals surface area contributed by atoms with Crippen LogP contribution in [-0.4, -0.2) is 63.0 Å². The number of ether oxygens (including phenoxy) is 2. The minimum absolute atomic E-state index is 0.00228. The third kappa shape index (κ3) is 7.03. The van der Waals surface area contributed by atoms with Gasteiger partial charge in [0.15, 0.2) is 5.82 Å². The first-order valence-electron chi connectivity index (χ1n) is 14.8. The van der Waals surface area contributed by atoms with E-state index in [0.717, 1.165) is 19.3 Å². The first kappa shape index (κ1) is 30.2. The van der Waals surface area contributed by atoms with Crippen molar-refractivity contribution >= 4 is 12.2 Å². The fourth-order valence-corrected chi connectivity index (χ4v) is 5.76. The van der Waals surface area contributed by atoms with E-state index in [4.69, 9.17) is 14.0 Å². The molecule has 1 heterocycles. The predicted molar refractivity (Wildman–Crippen MR) is 150 cm³/mol. The number of alkyl halides is 2. The van der Waals surface area contributed by atoms with E-state index < -0.39 is 47.0 Å². The predicted octanol–water partition coefficient (Wildman–Crippen LogP) is 6.69. The van der Waals surface area contributed by atoms with Gasteiger partial charge < -0.3 is 24.2 Å². The summed E-state index contributed by atoms with van der Waals surface area (Å²) in [4.78, 5) is 31.9. The number of nitrogens with zero attached hydrogens (tertiary/aromatic N) is 3. The number of nitrogens with one attached hydrogen (secondary N) is 1. The lowest BCUT2D eigenvalue weighted by molar-refractivity contribution is -0.0739. The molecule has 1 aromatic heterocycles. The van der Waals surface area contributed by atoms with Gasteiger partial charge in [-0.15, -0.1) is 0 Å². The minimum atomic E-state index is -3.17. The van der Waals surface area contributed by atoms with Crippen molar-refractivity contribution in [2.75, 3.05) is 6.54 Å². The molecule has 1 aromatic carbocycles. The van der Waals surface area contributed by atoms with Gasteiger partial charge in [0.25, 0.3) is 5.92 Å². The molecule has 4 atom stereocenters. The topological polar surface area (TPSA) is 107 Å². The highest BCUT2D eigenvalue weighted by Crippen LogP contribution is 2.52. The molecule has 2 unspecified atom stereocenters. The van der Waals surface area contributed by atoms with Crippen LogP contribution >= 0.6 is 0 Å². The maximum absolute atomic E-state index is 15.1. The lowest BCUT2D eigenvalue weighted by Gasteiger charge is -2.35. The van der Waals surface area contributed by atoms with Crippen LogP contribution in [0.5, 0.6) is 0 Å². The van der Waals surface area contributed by atoms with Crippen LogP contribution in [0, 0.1) is 0 Å². The number of alkyl carbamates (subject to hydrolysis) is 1. The number of hydrogen-bond acceptors (Lipinski definition) is 7. The van der Waals surface area contributed by atoms with Crippen molar-refractivity contribution in [1.82, 2.24) is 20.4 Å². The van der Waals surface area contributed by atoms with Crippen molar-refractivity contribution in [1.29, 1.82) is 0 Å². The second-order valence-electron chi connectivity index (χ2n) is 14.1. The fourth-order valence-electron chi connectivity index (χ4n) is 5.76. The Morgan fingerprint density at radius 2 is 1.71 bits per heavy atom. The largest absolute Gasteiger partial charge is 0.444 e. The highest BCUT2D eigenvalue weighted by molar-refractivity contribution is 5.70. The van der Waals surface area contributed by atoms with Crippen molar-refractivity contribution in [3.63, 3.8) is 0 Å². The van der Waals surface area contributed by atoms with Crippen LogP contribution in [-0.2, 0) is 14.9 Å². The van der Waals surface area contributed by atoms with Gasteiger partial charge in [-0.3, -0.25) is 0 Å². The maximum Gasteiger partial charge on any atom is 0.410 e. The highest BCUT2D eigenvalue weighted by Gasteiger charge is 2.56. The quantitative estimate of drug-likeness (QED) is 0.384. The molecule has 0 bridgehead atoms. The second kappa shape index (κ2) is 10.8. The monoisotopic (exact) mass is 588 g/mol. The van der Waals surface area contributed by atoms with E-state index in [1.165, 1.54) is 5.56 Å². The molecule has 3 saturated carbocycles. The summed E-state index contributed by atoms with van der Waals surface area (Å²) in [5.74, 6) is -2.97. The Labute approximate surface area is 245 Å². The molecule has 2 amide bonds. The second-order valence-corrected chi connectivity index (χ2v) is 14.1. The Hall–Kier alpha value is -3.24. The van der Waals surface area contributed by atoms with E-state index >= 15 is 8.78 Å². The molecule has 230 valence electrons. The summed E-state index contributed by atoms with van der Waals surface area (Å²) in [6.45, 7) is 10.9. The summed E-state index contributed by atoms with van der Waals surface area (Å²) in [6, 6.07) is 8.77. The van der Waals surface area contributed by atoms with Gasteiger partial charge in [0.1, 0.15) is 11.2 Å². The average molecular weight is 589 g/mol. The van der Waals surface area contributed by atoms with Crippen molar-refractivity contribution < 1.29 is 32.4 Å². The molecule has 11 heteroatoms. The van der Waals surface area contributed by atoms with Gasteiger partial charge in [-0.1, -0.05) is 35.5 Å². The zero-order chi connectivity index (χ0) is 30.5. The van der Waals surface area contributed by atoms with Gasteiger partial charge in [-0.05, 0) is 79.2 Å². The van der Waals surface area contributed by atoms with Crippen LogP contribution in [0.15, 0.2) is 34.9 Å². The highest BCUT2D eigenvalue weighted by atomic mass is 19.3. The lowest BCUT2D eigenvalue weighted by atomic mass is 9.83. The summed E-state index contributed by atoms with van der Waals surface area (Å²) in [6.07, 6.45) is 1.01. The molecular weight excluding hydrogens is 546 g/mol. The first-order chi connectivity index (χ1) is 19.6. The first-order valence-corrected chi connectivity index (χ1v) is 14.8. The molecule has 0 saturated heterocycles. The van der Waals surface area contributed by atoms with Gasteiger partial charge in [-0.25, -0.2) is 18.4 Å². The Balaban J connectivity index is 1.27. The summed E-state index contributed by atoms with van der Waals surface area (Å²) in [5, 5.41) is 6.56. The van der Waals surface area contributed by atoms with Crippen molar-refractivity contribution in [2.24, 2.45) is 0 Å². The zero-order valence-electron chi connectivity index (χ0n) is 25.3. The molecule has 0 radical (unpaired) electrons. The minimum Gasteiger partial charge on any atom is -0.444 e. The number of carbonyl (C=O) groups excluding carboxylic acids is 2. The van der Waals surface area contributed by atoms with E-state index in [2.05, 4.69) is 27.6 Å². The van der Waals surface area contributed by atoms with E-state index in [0.29, 0.717) is 18.8 Å². The van der Waals surface area contributed by atoms with Crippen molar-refractivity contribution in [3.8, 4) is 0 Å². The lowest BCUT2D eigenvalue weighted by Crippen LogP contribution is -2.51. The van der Waals surface area contributed by atoms with Crippen molar-refractivity contribution in [3.05, 3.63) is 47.6 Å². The summed E-state index contributed by atoms with van der Waals surface area (Å²) in [7, 11) is 0. The molecule has 5 rings (SSSR count). The molecule has 1 N–H and O–H groups in total. The molecule has 0 spiro atoms. The number of halogens is 2. The van der Waals surface area contributed by atoms with Crippen LogP contribution in [0.1, 0.15) is 109 Å². The number of amides is 2. The van der Waals surface area contributed by atoms with E-state index in [9.17, 15) is 9.59 Å². The van der Waals surface area contributed by atoms with Crippen LogP contribution < -0.4 is 5.32 Å². The van der Waals surface area contributed by atoms with Gasteiger partial charge in [0, 0.05) is 30.8 Å². The average Bonchev–Trinajstić information content (AvgIpc) is 3.78. The third-order valence-electron chi connectivity index (χ3n) is 8.13. The molecule has 3 aliphatic rings. The van der Waals surface area contributed by atoms with Crippen LogP contribution in [0.2, 0.25) is 0 Å². The number of benzene rings is 1. The zero-order valence-corrected chi connectivity index (χ0v) is 25.3. The Morgan fingerprint density at radius 3 is 2.31 bits per heavy atom. The molecule has 0 aliphatic heterocycles. The van der Waals surface area contributed by atoms with Gasteiger partial charge in [0.2, 0.25) is 5.89 Å². The van der Waals surface area contributed by atoms with Gasteiger partial charge in [-0.2, -0.15) is 4.98 Å². The molecule has 9 nitrogen and oxygen atoms in total. The Bertz CT molecular complexity index is 1280. The van der Waals surface area contributed by atoms with E-state index in [1.807, 2.05) is 39.0 Å². The van der Waals surface area contributed by atoms with Crippen molar-refractivity contribution in [2.45, 2.75) is 127 Å². The molecule has 3 aliphatic carbocycles.